The van der Waals surface area contributed by atoms with Gasteiger partial charge in [-0.15, -0.1) is 10.2 Å². The van der Waals surface area contributed by atoms with E-state index in [4.69, 9.17) is 5.73 Å². The Balaban J connectivity index is 1.54. The molecule has 1 aliphatic heterocycles. The molecule has 0 spiro atoms. The number of carbonyl (C=O) groups excluding carboxylic acids is 1. The van der Waals surface area contributed by atoms with Gasteiger partial charge < -0.3 is 10.6 Å². The molecule has 27 heavy (non-hydrogen) atoms. The maximum Gasteiger partial charge on any atom is 0.323 e. The average molecular weight is 387 g/mol. The number of amides is 2. The van der Waals surface area contributed by atoms with Gasteiger partial charge in [-0.25, -0.2) is 14.2 Å². The van der Waals surface area contributed by atoms with Crippen LogP contribution in [0.15, 0.2) is 24.5 Å². The molecule has 10 heteroatoms. The quantitative estimate of drug-likeness (QED) is 0.698. The Bertz CT molecular complexity index is 994. The SMILES string of the molecule is Cc1nnc(-c2cc3cc(NC(=O)N4CC[C@H](N)[C@@H](F)C4)ncc3cn2)s1. The number of likely N-dealkylation sites (tertiary alicyclic amines) is 1. The van der Waals surface area contributed by atoms with E-state index in [2.05, 4.69) is 25.5 Å². The standard InChI is InChI=1S/C17H18FN7OS/c1-9-23-24-16(27-9)14-4-10-5-15(21-7-11(10)6-20-14)22-17(26)25-3-2-13(19)12(18)8-25/h4-7,12-13H,2-3,8,19H2,1H3,(H,21,22,26)/t12-,13-/m0/s1. The smallest absolute Gasteiger partial charge is 0.323 e. The number of rotatable bonds is 2. The molecule has 0 aromatic carbocycles. The molecule has 0 aliphatic carbocycles. The lowest BCUT2D eigenvalue weighted by molar-refractivity contribution is 0.137. The molecule has 0 bridgehead atoms. The van der Waals surface area contributed by atoms with Crippen molar-refractivity contribution in [2.75, 3.05) is 18.4 Å². The predicted molar refractivity (Wildman–Crippen MR) is 101 cm³/mol. The molecule has 2 atom stereocenters. The number of carbonyl (C=O) groups is 1. The molecule has 2 amide bonds. The van der Waals surface area contributed by atoms with Crippen LogP contribution in [0.1, 0.15) is 11.4 Å². The van der Waals surface area contributed by atoms with Gasteiger partial charge in [0.15, 0.2) is 5.01 Å². The van der Waals surface area contributed by atoms with Crippen LogP contribution in [0.2, 0.25) is 0 Å². The van der Waals surface area contributed by atoms with Gasteiger partial charge in [0.2, 0.25) is 0 Å². The minimum atomic E-state index is -1.21. The third-order valence-corrected chi connectivity index (χ3v) is 5.32. The number of urea groups is 1. The highest BCUT2D eigenvalue weighted by Gasteiger charge is 2.29. The second-order valence-corrected chi connectivity index (χ2v) is 7.64. The third-order valence-electron chi connectivity index (χ3n) is 4.46. The van der Waals surface area contributed by atoms with Crippen LogP contribution in [0.3, 0.4) is 0 Å². The van der Waals surface area contributed by atoms with E-state index in [1.165, 1.54) is 16.2 Å². The fraction of sp³-hybridized carbons (Fsp3) is 0.353. The molecule has 3 N–H and O–H groups in total. The molecular formula is C17H18FN7OS. The Morgan fingerprint density at radius 2 is 2.11 bits per heavy atom. The molecule has 0 radical (unpaired) electrons. The van der Waals surface area contributed by atoms with Crippen molar-refractivity contribution < 1.29 is 9.18 Å². The largest absolute Gasteiger partial charge is 0.325 e. The van der Waals surface area contributed by atoms with E-state index in [0.717, 1.165) is 20.8 Å². The number of nitrogens with one attached hydrogen (secondary N) is 1. The molecular weight excluding hydrogens is 369 g/mol. The van der Waals surface area contributed by atoms with Gasteiger partial charge in [0.25, 0.3) is 0 Å². The van der Waals surface area contributed by atoms with Crippen molar-refractivity contribution in [3.63, 3.8) is 0 Å². The monoisotopic (exact) mass is 387 g/mol. The minimum absolute atomic E-state index is 0.00888. The maximum absolute atomic E-state index is 13.8. The summed E-state index contributed by atoms with van der Waals surface area (Å²) < 4.78 is 13.8. The van der Waals surface area contributed by atoms with Gasteiger partial charge >= 0.3 is 6.03 Å². The zero-order valence-electron chi connectivity index (χ0n) is 14.6. The fourth-order valence-electron chi connectivity index (χ4n) is 2.92. The molecule has 1 fully saturated rings. The second kappa shape index (κ2) is 7.12. The van der Waals surface area contributed by atoms with E-state index in [0.29, 0.717) is 24.5 Å². The number of hydrogen-bond acceptors (Lipinski definition) is 7. The van der Waals surface area contributed by atoms with Crippen molar-refractivity contribution in [1.29, 1.82) is 0 Å². The number of nitrogens with zero attached hydrogens (tertiary/aromatic N) is 5. The molecule has 8 nitrogen and oxygen atoms in total. The number of halogens is 1. The minimum Gasteiger partial charge on any atom is -0.325 e. The van der Waals surface area contributed by atoms with Crippen molar-refractivity contribution >= 4 is 34.0 Å². The molecule has 1 saturated heterocycles. The summed E-state index contributed by atoms with van der Waals surface area (Å²) in [5, 5.41) is 14.1. The zero-order chi connectivity index (χ0) is 19.0. The summed E-state index contributed by atoms with van der Waals surface area (Å²) in [6.07, 6.45) is 2.57. The highest BCUT2D eigenvalue weighted by molar-refractivity contribution is 7.14. The van der Waals surface area contributed by atoms with Crippen LogP contribution in [0.25, 0.3) is 21.5 Å². The number of fused-ring (bicyclic) bond motifs is 1. The Morgan fingerprint density at radius 3 is 2.85 bits per heavy atom. The predicted octanol–water partition coefficient (Wildman–Crippen LogP) is 2.36. The van der Waals surface area contributed by atoms with Crippen LogP contribution >= 0.6 is 11.3 Å². The fourth-order valence-corrected chi connectivity index (χ4v) is 3.58. The summed E-state index contributed by atoms with van der Waals surface area (Å²) >= 11 is 1.46. The first-order chi connectivity index (χ1) is 13.0. The summed E-state index contributed by atoms with van der Waals surface area (Å²) in [7, 11) is 0. The summed E-state index contributed by atoms with van der Waals surface area (Å²) in [6.45, 7) is 2.30. The van der Waals surface area contributed by atoms with Crippen LogP contribution in [0, 0.1) is 6.92 Å². The molecule has 4 heterocycles. The molecule has 1 aliphatic rings. The van der Waals surface area contributed by atoms with E-state index < -0.39 is 12.2 Å². The Labute approximate surface area is 158 Å². The van der Waals surface area contributed by atoms with Gasteiger partial charge in [-0.05, 0) is 30.9 Å². The summed E-state index contributed by atoms with van der Waals surface area (Å²) in [5.74, 6) is 0.392. The van der Waals surface area contributed by atoms with Gasteiger partial charge in [-0.2, -0.15) is 0 Å². The van der Waals surface area contributed by atoms with Crippen LogP contribution < -0.4 is 11.1 Å². The van der Waals surface area contributed by atoms with E-state index in [9.17, 15) is 9.18 Å². The van der Waals surface area contributed by atoms with E-state index in [-0.39, 0.29) is 12.6 Å². The number of hydrogen-bond donors (Lipinski definition) is 2. The van der Waals surface area contributed by atoms with Gasteiger partial charge in [0.1, 0.15) is 22.7 Å². The molecule has 140 valence electrons. The molecule has 0 unspecified atom stereocenters. The first-order valence-electron chi connectivity index (χ1n) is 8.51. The Morgan fingerprint density at radius 1 is 1.30 bits per heavy atom. The number of nitrogens with two attached hydrogens (primary N) is 1. The summed E-state index contributed by atoms with van der Waals surface area (Å²) in [6, 6.07) is 2.74. The van der Waals surface area contributed by atoms with Crippen molar-refractivity contribution in [2.45, 2.75) is 25.6 Å². The topological polar surface area (TPSA) is 110 Å². The van der Waals surface area contributed by atoms with Gasteiger partial charge in [0, 0.05) is 30.4 Å². The van der Waals surface area contributed by atoms with Crippen LogP contribution in [0.4, 0.5) is 15.0 Å². The average Bonchev–Trinajstić information content (AvgIpc) is 3.09. The lowest BCUT2D eigenvalue weighted by Gasteiger charge is -2.32. The molecule has 0 saturated carbocycles. The Hall–Kier alpha value is -2.72. The highest BCUT2D eigenvalue weighted by atomic mass is 32.1. The van der Waals surface area contributed by atoms with Crippen LogP contribution in [-0.4, -0.2) is 56.4 Å². The molecule has 3 aromatic rings. The van der Waals surface area contributed by atoms with Crippen molar-refractivity contribution in [2.24, 2.45) is 5.73 Å². The number of aromatic nitrogens is 4. The summed E-state index contributed by atoms with van der Waals surface area (Å²) in [4.78, 5) is 22.4. The maximum atomic E-state index is 13.8. The van der Waals surface area contributed by atoms with Crippen LogP contribution in [0.5, 0.6) is 0 Å². The van der Waals surface area contributed by atoms with E-state index in [1.807, 2.05) is 13.0 Å². The number of alkyl halides is 1. The lowest BCUT2D eigenvalue weighted by Crippen LogP contribution is -2.51. The molecule has 4 rings (SSSR count). The number of aryl methyl sites for hydroxylation is 1. The number of anilines is 1. The normalized spacial score (nSPS) is 20.0. The number of piperidine rings is 1. The first kappa shape index (κ1) is 17.7. The highest BCUT2D eigenvalue weighted by Crippen LogP contribution is 2.25. The number of pyridine rings is 2. The van der Waals surface area contributed by atoms with Crippen molar-refractivity contribution in [3.05, 3.63) is 29.5 Å². The van der Waals surface area contributed by atoms with E-state index >= 15 is 0 Å². The molecule has 3 aromatic heterocycles. The zero-order valence-corrected chi connectivity index (χ0v) is 15.4. The Kier molecular flexibility index (Phi) is 4.66. The second-order valence-electron chi connectivity index (χ2n) is 6.46. The van der Waals surface area contributed by atoms with Crippen molar-refractivity contribution in [1.82, 2.24) is 25.1 Å². The van der Waals surface area contributed by atoms with E-state index in [1.54, 1.807) is 18.5 Å². The third kappa shape index (κ3) is 3.71. The first-order valence-corrected chi connectivity index (χ1v) is 9.33. The summed E-state index contributed by atoms with van der Waals surface area (Å²) in [5.41, 5.74) is 6.37. The van der Waals surface area contributed by atoms with Gasteiger partial charge in [-0.3, -0.25) is 10.3 Å². The van der Waals surface area contributed by atoms with Crippen LogP contribution in [-0.2, 0) is 0 Å². The van der Waals surface area contributed by atoms with Gasteiger partial charge in [-0.1, -0.05) is 11.3 Å². The van der Waals surface area contributed by atoms with Gasteiger partial charge in [0.05, 0.1) is 6.54 Å². The lowest BCUT2D eigenvalue weighted by atomic mass is 10.0. The van der Waals surface area contributed by atoms with Crippen molar-refractivity contribution in [3.8, 4) is 10.7 Å².